The number of piperidine rings is 1. The maximum absolute atomic E-state index is 13.1. The van der Waals surface area contributed by atoms with Gasteiger partial charge in [-0.05, 0) is 47.9 Å². The number of amides is 1. The summed E-state index contributed by atoms with van der Waals surface area (Å²) in [6, 6.07) is 12.0. The molecule has 1 saturated heterocycles. The van der Waals surface area contributed by atoms with E-state index in [0.717, 1.165) is 45.9 Å². The van der Waals surface area contributed by atoms with Crippen molar-refractivity contribution in [2.24, 2.45) is 0 Å². The first-order chi connectivity index (χ1) is 18.9. The number of hydrogen-bond acceptors (Lipinski definition) is 5. The molecule has 1 N–H and O–H groups in total. The number of carbonyl (C=O) groups excluding carboxylic acids is 1. The number of methoxy groups -OCH3 is 1. The summed E-state index contributed by atoms with van der Waals surface area (Å²) in [6.45, 7) is 14.7. The van der Waals surface area contributed by atoms with E-state index in [-0.39, 0.29) is 29.0 Å². The highest BCUT2D eigenvalue weighted by molar-refractivity contribution is 7.13. The average molecular weight is 561 g/mol. The molecular formula is C32H40N4O3S. The molecule has 40 heavy (non-hydrogen) atoms. The lowest BCUT2D eigenvalue weighted by molar-refractivity contribution is -0.132. The molecule has 0 atom stereocenters. The van der Waals surface area contributed by atoms with Crippen LogP contribution in [-0.2, 0) is 22.2 Å². The smallest absolute Gasteiger partial charge is 0.326 e. The zero-order valence-corrected chi connectivity index (χ0v) is 25.4. The van der Waals surface area contributed by atoms with Crippen molar-refractivity contribution in [3.05, 3.63) is 69.1 Å². The highest BCUT2D eigenvalue weighted by atomic mass is 32.1. The lowest BCUT2D eigenvalue weighted by Gasteiger charge is -2.31. The van der Waals surface area contributed by atoms with Crippen molar-refractivity contribution < 1.29 is 9.53 Å². The van der Waals surface area contributed by atoms with Crippen LogP contribution in [-0.4, -0.2) is 45.5 Å². The molecule has 2 aromatic heterocycles. The van der Waals surface area contributed by atoms with E-state index in [1.807, 2.05) is 29.2 Å². The van der Waals surface area contributed by atoms with E-state index < -0.39 is 0 Å². The third-order valence-corrected chi connectivity index (χ3v) is 8.83. The van der Waals surface area contributed by atoms with Gasteiger partial charge in [-0.1, -0.05) is 53.7 Å². The number of imidazole rings is 1. The van der Waals surface area contributed by atoms with Crippen LogP contribution in [0, 0.1) is 0 Å². The molecule has 7 nitrogen and oxygen atoms in total. The number of nitrogens with zero attached hydrogens (tertiary/aromatic N) is 3. The Balaban J connectivity index is 1.32. The Kier molecular flexibility index (Phi) is 7.42. The molecule has 0 saturated carbocycles. The van der Waals surface area contributed by atoms with Gasteiger partial charge in [0, 0.05) is 41.1 Å². The Morgan fingerprint density at radius 3 is 2.27 bits per heavy atom. The normalized spacial score (nSPS) is 15.1. The number of H-pyrrole nitrogens is 1. The summed E-state index contributed by atoms with van der Waals surface area (Å²) in [5.74, 6) is 1.26. The van der Waals surface area contributed by atoms with E-state index in [0.29, 0.717) is 19.0 Å². The van der Waals surface area contributed by atoms with Gasteiger partial charge in [0.05, 0.1) is 23.8 Å². The van der Waals surface area contributed by atoms with Crippen LogP contribution in [0.1, 0.15) is 77.1 Å². The van der Waals surface area contributed by atoms with E-state index in [1.165, 1.54) is 15.7 Å². The summed E-state index contributed by atoms with van der Waals surface area (Å²) in [4.78, 5) is 35.3. The Bertz CT molecular complexity index is 1560. The molecule has 0 bridgehead atoms. The van der Waals surface area contributed by atoms with Crippen LogP contribution in [0.2, 0.25) is 0 Å². The molecule has 1 aliphatic heterocycles. The molecule has 2 aromatic carbocycles. The van der Waals surface area contributed by atoms with Crippen molar-refractivity contribution >= 4 is 28.3 Å². The van der Waals surface area contributed by atoms with Gasteiger partial charge in [-0.25, -0.2) is 9.78 Å². The van der Waals surface area contributed by atoms with Crippen LogP contribution < -0.4 is 10.4 Å². The van der Waals surface area contributed by atoms with E-state index in [1.54, 1.807) is 18.4 Å². The number of aromatic nitrogens is 3. The van der Waals surface area contributed by atoms with Gasteiger partial charge in [-0.15, -0.1) is 11.3 Å². The van der Waals surface area contributed by atoms with Crippen LogP contribution >= 0.6 is 11.3 Å². The zero-order chi connectivity index (χ0) is 28.8. The molecular weight excluding hydrogens is 520 g/mol. The predicted molar refractivity (Wildman–Crippen MR) is 163 cm³/mol. The largest absolute Gasteiger partial charge is 0.496 e. The monoisotopic (exact) mass is 560 g/mol. The molecule has 0 aliphatic carbocycles. The summed E-state index contributed by atoms with van der Waals surface area (Å²) in [7, 11) is 1.76. The number of thiazole rings is 1. The van der Waals surface area contributed by atoms with E-state index >= 15 is 0 Å². The first kappa shape index (κ1) is 28.1. The molecule has 8 heteroatoms. The molecule has 5 rings (SSSR count). The van der Waals surface area contributed by atoms with E-state index in [2.05, 4.69) is 64.0 Å². The lowest BCUT2D eigenvalue weighted by atomic mass is 9.78. The van der Waals surface area contributed by atoms with Crippen molar-refractivity contribution in [2.75, 3.05) is 20.2 Å². The quantitative estimate of drug-likeness (QED) is 0.304. The zero-order valence-electron chi connectivity index (χ0n) is 24.6. The third kappa shape index (κ3) is 5.46. The van der Waals surface area contributed by atoms with Crippen molar-refractivity contribution in [1.82, 2.24) is 19.4 Å². The summed E-state index contributed by atoms with van der Waals surface area (Å²) in [5.41, 5.74) is 5.73. The second-order valence-electron chi connectivity index (χ2n) is 12.9. The van der Waals surface area contributed by atoms with Gasteiger partial charge < -0.3 is 14.6 Å². The van der Waals surface area contributed by atoms with Gasteiger partial charge in [0.15, 0.2) is 0 Å². The fourth-order valence-corrected chi connectivity index (χ4v) is 6.51. The van der Waals surface area contributed by atoms with Gasteiger partial charge in [-0.3, -0.25) is 9.36 Å². The summed E-state index contributed by atoms with van der Waals surface area (Å²) in [6.07, 6.45) is 1.72. The number of rotatable bonds is 5. The molecule has 3 heterocycles. The molecule has 4 aromatic rings. The number of hydrogen-bond donors (Lipinski definition) is 1. The van der Waals surface area contributed by atoms with Crippen molar-refractivity contribution in [1.29, 1.82) is 0 Å². The Morgan fingerprint density at radius 1 is 1.05 bits per heavy atom. The van der Waals surface area contributed by atoms with Gasteiger partial charge in [0.25, 0.3) is 0 Å². The maximum Gasteiger partial charge on any atom is 0.326 e. The molecule has 1 amide bonds. The fraction of sp³-hybridized carbons (Fsp3) is 0.469. The topological polar surface area (TPSA) is 80.2 Å². The highest BCUT2D eigenvalue weighted by Gasteiger charge is 2.30. The molecule has 0 unspecified atom stereocenters. The van der Waals surface area contributed by atoms with Crippen LogP contribution in [0.15, 0.2) is 46.6 Å². The molecule has 0 spiro atoms. The van der Waals surface area contributed by atoms with Crippen LogP contribution in [0.3, 0.4) is 0 Å². The third-order valence-electron chi connectivity index (χ3n) is 7.92. The minimum absolute atomic E-state index is 0.0214. The van der Waals surface area contributed by atoms with Crippen molar-refractivity contribution in [3.8, 4) is 16.3 Å². The number of carbonyl (C=O) groups is 1. The number of benzene rings is 2. The Morgan fingerprint density at radius 2 is 1.68 bits per heavy atom. The second-order valence-corrected chi connectivity index (χ2v) is 13.7. The van der Waals surface area contributed by atoms with Crippen LogP contribution in [0.5, 0.6) is 5.75 Å². The predicted octanol–water partition coefficient (Wildman–Crippen LogP) is 6.46. The fourth-order valence-electron chi connectivity index (χ4n) is 5.62. The molecule has 212 valence electrons. The first-order valence-corrected chi connectivity index (χ1v) is 14.9. The molecule has 0 radical (unpaired) electrons. The number of likely N-dealkylation sites (tertiary alicyclic amines) is 1. The van der Waals surface area contributed by atoms with E-state index in [9.17, 15) is 9.59 Å². The van der Waals surface area contributed by atoms with Crippen LogP contribution in [0.4, 0.5) is 0 Å². The van der Waals surface area contributed by atoms with Crippen LogP contribution in [0.25, 0.3) is 21.6 Å². The molecule has 1 fully saturated rings. The lowest BCUT2D eigenvalue weighted by Crippen LogP contribution is -2.41. The number of ether oxygens (including phenoxy) is 1. The van der Waals surface area contributed by atoms with Gasteiger partial charge in [0.2, 0.25) is 5.91 Å². The highest BCUT2D eigenvalue weighted by Crippen LogP contribution is 2.43. The Hall–Kier alpha value is -3.39. The van der Waals surface area contributed by atoms with Crippen molar-refractivity contribution in [3.63, 3.8) is 0 Å². The SMILES string of the molecule is COc1c(C(C)(C)C)cc(-c2nc(C3CCN(C(=O)Cn4c(=O)[nH]c5ccccc54)CC3)cs2)cc1C(C)(C)C. The van der Waals surface area contributed by atoms with Crippen molar-refractivity contribution in [2.45, 2.75) is 77.7 Å². The number of fused-ring (bicyclic) bond motifs is 1. The van der Waals surface area contributed by atoms with Gasteiger partial charge in [0.1, 0.15) is 17.3 Å². The van der Waals surface area contributed by atoms with Gasteiger partial charge >= 0.3 is 5.69 Å². The first-order valence-electron chi connectivity index (χ1n) is 14.0. The standard InChI is InChI=1S/C32H40N4O3S/c1-31(2,3)22-16-21(17-23(28(22)39-7)32(4,5)6)29-33-25(19-40-29)20-12-14-35(15-13-20)27(37)18-36-26-11-9-8-10-24(26)34-30(36)38/h8-11,16-17,19-20H,12-15,18H2,1-7H3,(H,34,38). The number of aromatic amines is 1. The minimum Gasteiger partial charge on any atom is -0.496 e. The molecule has 1 aliphatic rings. The second kappa shape index (κ2) is 10.5. The number of nitrogens with one attached hydrogen (secondary N) is 1. The van der Waals surface area contributed by atoms with Gasteiger partial charge in [-0.2, -0.15) is 0 Å². The average Bonchev–Trinajstić information content (AvgIpc) is 3.52. The Labute approximate surface area is 240 Å². The number of para-hydroxylation sites is 2. The minimum atomic E-state index is -0.248. The maximum atomic E-state index is 13.1. The summed E-state index contributed by atoms with van der Waals surface area (Å²) >= 11 is 1.69. The van der Waals surface area contributed by atoms with E-state index in [4.69, 9.17) is 9.72 Å². The summed E-state index contributed by atoms with van der Waals surface area (Å²) in [5, 5.41) is 3.20. The summed E-state index contributed by atoms with van der Waals surface area (Å²) < 4.78 is 7.47.